The smallest absolute Gasteiger partial charge is 0.518 e. The summed E-state index contributed by atoms with van der Waals surface area (Å²) >= 11 is 0. The van der Waals surface area contributed by atoms with Crippen molar-refractivity contribution in [2.45, 2.75) is 18.5 Å². The van der Waals surface area contributed by atoms with Crippen LogP contribution in [0.1, 0.15) is 17.5 Å². The fraction of sp³-hybridized carbons (Fsp3) is 0.500. The third-order valence-corrected chi connectivity index (χ3v) is 3.78. The fourth-order valence-corrected chi connectivity index (χ4v) is 2.10. The van der Waals surface area contributed by atoms with Crippen molar-refractivity contribution >= 4 is 15.9 Å². The number of benzene rings is 1. The molecule has 2 N–H and O–H groups in total. The van der Waals surface area contributed by atoms with Gasteiger partial charge in [0.05, 0.1) is 26.4 Å². The van der Waals surface area contributed by atoms with E-state index in [2.05, 4.69) is 4.40 Å². The first kappa shape index (κ1) is 22.2. The summed E-state index contributed by atoms with van der Waals surface area (Å²) in [5.74, 6) is -1.55. The van der Waals surface area contributed by atoms with Gasteiger partial charge in [-0.1, -0.05) is 0 Å². The van der Waals surface area contributed by atoms with Gasteiger partial charge in [-0.2, -0.15) is 26.0 Å². The van der Waals surface area contributed by atoms with Crippen molar-refractivity contribution in [3.8, 4) is 5.75 Å². The van der Waals surface area contributed by atoms with Crippen molar-refractivity contribution in [3.05, 3.63) is 29.3 Å². The van der Waals surface area contributed by atoms with Crippen molar-refractivity contribution in [1.29, 1.82) is 0 Å². The molecule has 1 aromatic carbocycles. The number of ether oxygens (including phenoxy) is 2. The highest BCUT2D eigenvalue weighted by atomic mass is 32.2. The number of aliphatic hydroxyl groups excluding tert-OH is 2. The summed E-state index contributed by atoms with van der Waals surface area (Å²) in [5.41, 5.74) is -5.84. The largest absolute Gasteiger partial charge is 0.858 e. The number of nitrogens with zero attached hydrogens (tertiary/aromatic N) is 1. The van der Waals surface area contributed by atoms with Gasteiger partial charge in [0, 0.05) is 18.9 Å². The van der Waals surface area contributed by atoms with Crippen LogP contribution >= 0.6 is 0 Å². The molecule has 0 aliphatic carbocycles. The molecule has 0 radical (unpaired) electrons. The molecule has 0 spiro atoms. The summed E-state index contributed by atoms with van der Waals surface area (Å²) < 4.78 is 71.6. The van der Waals surface area contributed by atoms with E-state index in [0.29, 0.717) is 5.56 Å². The number of rotatable bonds is 10. The predicted octanol–water partition coefficient (Wildman–Crippen LogP) is -0.0868. The topological polar surface area (TPSA) is 128 Å². The number of hydrogen-bond donors (Lipinski definition) is 2. The van der Waals surface area contributed by atoms with E-state index in [1.165, 1.54) is 6.07 Å². The van der Waals surface area contributed by atoms with Crippen molar-refractivity contribution in [2.75, 3.05) is 26.4 Å². The zero-order chi connectivity index (χ0) is 19.8. The van der Waals surface area contributed by atoms with Gasteiger partial charge in [-0.25, -0.2) is 0 Å². The summed E-state index contributed by atoms with van der Waals surface area (Å²) in [6.45, 7) is -0.499. The molecule has 0 fully saturated rings. The Kier molecular flexibility index (Phi) is 8.27. The Hall–Kier alpha value is -1.89. The van der Waals surface area contributed by atoms with Gasteiger partial charge in [-0.15, -0.1) is 0 Å². The first-order chi connectivity index (χ1) is 12.1. The minimum Gasteiger partial charge on any atom is -0.858 e. The molecule has 0 saturated carbocycles. The third-order valence-electron chi connectivity index (χ3n) is 2.78. The molecule has 12 heteroatoms. The summed E-state index contributed by atoms with van der Waals surface area (Å²) in [6.07, 6.45) is 0.265. The van der Waals surface area contributed by atoms with Crippen LogP contribution in [0, 0.1) is 0 Å². The summed E-state index contributed by atoms with van der Waals surface area (Å²) in [7, 11) is -5.98. The van der Waals surface area contributed by atoms with E-state index in [1.807, 2.05) is 0 Å². The first-order valence-electron chi connectivity index (χ1n) is 7.25. The molecule has 0 aliphatic heterocycles. The van der Waals surface area contributed by atoms with Crippen LogP contribution < -0.4 is 9.84 Å². The van der Waals surface area contributed by atoms with Crippen molar-refractivity contribution in [3.63, 3.8) is 0 Å². The van der Waals surface area contributed by atoms with E-state index in [1.54, 1.807) is 0 Å². The standard InChI is InChI=1S/C14H18F3NO7S/c15-14(16,17)26(22,23)18-13(21)11-6-10(9-24-5-3-20)7-12(8-11)25-4-1-2-19/h6-8,19-20H,1-5,9H2,(H,18,21)/p-1. The van der Waals surface area contributed by atoms with Crippen molar-refractivity contribution < 1.29 is 46.4 Å². The first-order valence-corrected chi connectivity index (χ1v) is 8.69. The monoisotopic (exact) mass is 400 g/mol. The van der Waals surface area contributed by atoms with Crippen LogP contribution in [-0.4, -0.2) is 56.5 Å². The SMILES string of the molecule is O=S(=O)(/N=C(\[O-])c1cc(COCCO)cc(OCCCO)c1)C(F)(F)F. The maximum atomic E-state index is 12.4. The molecule has 0 aliphatic rings. The lowest BCUT2D eigenvalue weighted by atomic mass is 10.1. The summed E-state index contributed by atoms with van der Waals surface area (Å²) in [6, 6.07) is 3.56. The Morgan fingerprint density at radius 1 is 1.15 bits per heavy atom. The zero-order valence-corrected chi connectivity index (χ0v) is 14.2. The van der Waals surface area contributed by atoms with E-state index in [-0.39, 0.29) is 45.2 Å². The van der Waals surface area contributed by atoms with Gasteiger partial charge in [0.2, 0.25) is 0 Å². The zero-order valence-electron chi connectivity index (χ0n) is 13.4. The second-order valence-corrected chi connectivity index (χ2v) is 6.48. The van der Waals surface area contributed by atoms with Crippen LogP contribution in [0.3, 0.4) is 0 Å². The molecule has 26 heavy (non-hydrogen) atoms. The number of alkyl halides is 3. The van der Waals surface area contributed by atoms with Gasteiger partial charge < -0.3 is 24.8 Å². The highest BCUT2D eigenvalue weighted by Gasteiger charge is 2.45. The van der Waals surface area contributed by atoms with Crippen LogP contribution in [0.4, 0.5) is 13.2 Å². The van der Waals surface area contributed by atoms with Crippen molar-refractivity contribution in [1.82, 2.24) is 0 Å². The fourth-order valence-electron chi connectivity index (χ4n) is 1.67. The number of aliphatic hydroxyl groups is 2. The molecule has 1 rings (SSSR count). The van der Waals surface area contributed by atoms with Gasteiger partial charge in [0.1, 0.15) is 5.75 Å². The Morgan fingerprint density at radius 3 is 2.42 bits per heavy atom. The van der Waals surface area contributed by atoms with Gasteiger partial charge in [-0.05, 0) is 29.3 Å². The highest BCUT2D eigenvalue weighted by Crippen LogP contribution is 2.25. The molecule has 0 atom stereocenters. The molecule has 0 bridgehead atoms. The Balaban J connectivity index is 3.17. The highest BCUT2D eigenvalue weighted by molar-refractivity contribution is 7.91. The van der Waals surface area contributed by atoms with E-state index in [0.717, 1.165) is 12.1 Å². The van der Waals surface area contributed by atoms with Gasteiger partial charge in [-0.3, -0.25) is 0 Å². The summed E-state index contributed by atoms with van der Waals surface area (Å²) in [4.78, 5) is 0. The number of sulfonamides is 1. The summed E-state index contributed by atoms with van der Waals surface area (Å²) in [5, 5.41) is 29.2. The lowest BCUT2D eigenvalue weighted by Crippen LogP contribution is -2.27. The van der Waals surface area contributed by atoms with Crippen LogP contribution in [-0.2, 0) is 21.4 Å². The Labute approximate surface area is 147 Å². The molecular formula is C14H17F3NO7S-. The van der Waals surface area contributed by atoms with Crippen LogP contribution in [0.15, 0.2) is 22.6 Å². The molecule has 148 valence electrons. The molecule has 0 aromatic heterocycles. The second kappa shape index (κ2) is 9.71. The normalized spacial score (nSPS) is 13.0. The minimum atomic E-state index is -5.98. The second-order valence-electron chi connectivity index (χ2n) is 4.88. The van der Waals surface area contributed by atoms with Crippen LogP contribution in [0.2, 0.25) is 0 Å². The van der Waals surface area contributed by atoms with E-state index in [4.69, 9.17) is 19.7 Å². The van der Waals surface area contributed by atoms with Gasteiger partial charge in [0.15, 0.2) is 0 Å². The maximum Gasteiger partial charge on any atom is 0.518 e. The molecule has 8 nitrogen and oxygen atoms in total. The minimum absolute atomic E-state index is 0.0221. The van der Waals surface area contributed by atoms with Crippen LogP contribution in [0.5, 0.6) is 5.75 Å². The molecule has 0 saturated heterocycles. The number of hydrogen-bond acceptors (Lipinski definition) is 7. The molecule has 0 heterocycles. The quantitative estimate of drug-likeness (QED) is 0.319. The van der Waals surface area contributed by atoms with Gasteiger partial charge >= 0.3 is 15.5 Å². The lowest BCUT2D eigenvalue weighted by Gasteiger charge is -2.16. The average molecular weight is 400 g/mol. The Morgan fingerprint density at radius 2 is 1.85 bits per heavy atom. The van der Waals surface area contributed by atoms with Gasteiger partial charge in [0.25, 0.3) is 0 Å². The van der Waals surface area contributed by atoms with Crippen molar-refractivity contribution in [2.24, 2.45) is 4.40 Å². The third kappa shape index (κ3) is 6.78. The predicted molar refractivity (Wildman–Crippen MR) is 81.9 cm³/mol. The molecule has 1 aromatic rings. The van der Waals surface area contributed by atoms with E-state index in [9.17, 15) is 26.7 Å². The molecular weight excluding hydrogens is 383 g/mol. The number of halogens is 3. The maximum absolute atomic E-state index is 12.4. The molecule has 0 amide bonds. The average Bonchev–Trinajstić information content (AvgIpc) is 2.54. The van der Waals surface area contributed by atoms with E-state index >= 15 is 0 Å². The lowest BCUT2D eigenvalue weighted by molar-refractivity contribution is -0.212. The Bertz CT molecular complexity index is 691. The molecule has 0 unspecified atom stereocenters. The van der Waals surface area contributed by atoms with Crippen LogP contribution in [0.25, 0.3) is 0 Å². The van der Waals surface area contributed by atoms with E-state index < -0.39 is 27.0 Å².